The Morgan fingerprint density at radius 1 is 1.08 bits per heavy atom. The molecule has 3 aromatic rings. The topological polar surface area (TPSA) is 29.0 Å². The highest BCUT2D eigenvalue weighted by Crippen LogP contribution is 2.46. The van der Waals surface area contributed by atoms with Crippen molar-refractivity contribution < 1.29 is 0 Å². The molecule has 2 saturated heterocycles. The Balaban J connectivity index is 1.64. The molecule has 0 N–H and O–H groups in total. The minimum absolute atomic E-state index is 0.628. The van der Waals surface area contributed by atoms with Crippen LogP contribution in [-0.4, -0.2) is 27.4 Å². The molecule has 5 heteroatoms. The highest BCUT2D eigenvalue weighted by Gasteiger charge is 2.41. The van der Waals surface area contributed by atoms with Crippen molar-refractivity contribution in [1.29, 1.82) is 0 Å². The minimum atomic E-state index is 0.628. The van der Waals surface area contributed by atoms with E-state index in [0.29, 0.717) is 12.1 Å². The summed E-state index contributed by atoms with van der Waals surface area (Å²) < 4.78 is 0. The van der Waals surface area contributed by atoms with E-state index in [1.807, 2.05) is 0 Å². The van der Waals surface area contributed by atoms with Crippen LogP contribution in [0.2, 0.25) is 0 Å². The summed E-state index contributed by atoms with van der Waals surface area (Å²) in [6, 6.07) is 11.9. The van der Waals surface area contributed by atoms with Crippen LogP contribution in [-0.2, 0) is 0 Å². The number of halogens is 1. The molecule has 3 nitrogen and oxygen atoms in total. The van der Waals surface area contributed by atoms with Gasteiger partial charge in [0.25, 0.3) is 0 Å². The zero-order valence-corrected chi connectivity index (χ0v) is 16.3. The number of piperidine rings is 1. The number of rotatable bonds is 3. The fourth-order valence-corrected chi connectivity index (χ4v) is 6.09. The van der Waals surface area contributed by atoms with Gasteiger partial charge in [-0.15, -0.1) is 11.3 Å². The first-order valence-electron chi connectivity index (χ1n) is 8.97. The normalized spacial score (nSPS) is 25.6. The Labute approximate surface area is 160 Å². The monoisotopic (exact) mass is 413 g/mol. The Hall–Kier alpha value is -1.46. The SMILES string of the molecule is BrCC1CC2CCC(C1)N2c1ncnc2scc(-c3ccccc3)c12. The minimum Gasteiger partial charge on any atom is -0.350 e. The van der Waals surface area contributed by atoms with Crippen molar-refractivity contribution >= 4 is 43.3 Å². The molecule has 4 heterocycles. The van der Waals surface area contributed by atoms with Gasteiger partial charge in [0.15, 0.2) is 0 Å². The van der Waals surface area contributed by atoms with Crippen molar-refractivity contribution in [2.24, 2.45) is 5.92 Å². The van der Waals surface area contributed by atoms with Crippen molar-refractivity contribution in [1.82, 2.24) is 9.97 Å². The summed E-state index contributed by atoms with van der Waals surface area (Å²) in [7, 11) is 0. The van der Waals surface area contributed by atoms with Gasteiger partial charge in [-0.1, -0.05) is 46.3 Å². The van der Waals surface area contributed by atoms with Gasteiger partial charge in [0.2, 0.25) is 0 Å². The quantitative estimate of drug-likeness (QED) is 0.530. The second-order valence-corrected chi connectivity index (χ2v) is 8.68. The highest BCUT2D eigenvalue weighted by molar-refractivity contribution is 9.09. The molecule has 2 aliphatic rings. The zero-order chi connectivity index (χ0) is 16.8. The zero-order valence-electron chi connectivity index (χ0n) is 13.9. The average molecular weight is 414 g/mol. The first-order chi connectivity index (χ1) is 12.3. The van der Waals surface area contributed by atoms with E-state index in [9.17, 15) is 0 Å². The fraction of sp³-hybridized carbons (Fsp3) is 0.400. The smallest absolute Gasteiger partial charge is 0.141 e. The standard InChI is InChI=1S/C20H20BrN3S/c21-10-13-8-15-6-7-16(9-13)24(15)19-18-17(14-4-2-1-3-5-14)11-25-20(18)23-12-22-19/h1-5,11-13,15-16H,6-10H2. The lowest BCUT2D eigenvalue weighted by molar-refractivity contribution is 0.369. The van der Waals surface area contributed by atoms with Gasteiger partial charge >= 0.3 is 0 Å². The Morgan fingerprint density at radius 3 is 2.56 bits per heavy atom. The predicted octanol–water partition coefficient (Wildman–Crippen LogP) is 5.50. The van der Waals surface area contributed by atoms with E-state index in [-0.39, 0.29) is 0 Å². The van der Waals surface area contributed by atoms with Crippen LogP contribution in [0.3, 0.4) is 0 Å². The summed E-state index contributed by atoms with van der Waals surface area (Å²) >= 11 is 5.43. The van der Waals surface area contributed by atoms with Gasteiger partial charge in [0.1, 0.15) is 17.0 Å². The summed E-state index contributed by atoms with van der Waals surface area (Å²) in [5.74, 6) is 1.97. The van der Waals surface area contributed by atoms with E-state index in [0.717, 1.165) is 21.9 Å². The molecule has 2 fully saturated rings. The third kappa shape index (κ3) is 2.59. The van der Waals surface area contributed by atoms with Gasteiger partial charge in [-0.2, -0.15) is 0 Å². The van der Waals surface area contributed by atoms with Crippen molar-refractivity contribution in [3.05, 3.63) is 42.0 Å². The van der Waals surface area contributed by atoms with E-state index in [2.05, 4.69) is 61.5 Å². The lowest BCUT2D eigenvalue weighted by Gasteiger charge is -2.39. The molecule has 25 heavy (non-hydrogen) atoms. The maximum atomic E-state index is 4.79. The van der Waals surface area contributed by atoms with Crippen LogP contribution in [0.1, 0.15) is 25.7 Å². The van der Waals surface area contributed by atoms with Crippen LogP contribution in [0.4, 0.5) is 5.82 Å². The molecular weight excluding hydrogens is 394 g/mol. The number of alkyl halides is 1. The number of aromatic nitrogens is 2. The van der Waals surface area contributed by atoms with E-state index >= 15 is 0 Å². The van der Waals surface area contributed by atoms with Gasteiger partial charge in [0, 0.05) is 28.4 Å². The molecular formula is C20H20BrN3S. The lowest BCUT2D eigenvalue weighted by atomic mass is 9.92. The van der Waals surface area contributed by atoms with E-state index in [4.69, 9.17) is 4.98 Å². The van der Waals surface area contributed by atoms with Crippen LogP contribution in [0.5, 0.6) is 0 Å². The summed E-state index contributed by atoms with van der Waals surface area (Å²) in [4.78, 5) is 13.1. The van der Waals surface area contributed by atoms with E-state index in [1.165, 1.54) is 42.2 Å². The Morgan fingerprint density at radius 2 is 1.84 bits per heavy atom. The van der Waals surface area contributed by atoms with Gasteiger partial charge < -0.3 is 4.90 Å². The molecule has 0 aliphatic carbocycles. The van der Waals surface area contributed by atoms with E-state index < -0.39 is 0 Å². The van der Waals surface area contributed by atoms with Crippen molar-refractivity contribution in [2.75, 3.05) is 10.2 Å². The summed E-state index contributed by atoms with van der Waals surface area (Å²) in [5, 5.41) is 4.61. The van der Waals surface area contributed by atoms with Crippen LogP contribution in [0.15, 0.2) is 42.0 Å². The van der Waals surface area contributed by atoms with Gasteiger partial charge in [-0.3, -0.25) is 0 Å². The molecule has 2 unspecified atom stereocenters. The van der Waals surface area contributed by atoms with Crippen molar-refractivity contribution in [3.63, 3.8) is 0 Å². The maximum Gasteiger partial charge on any atom is 0.141 e. The third-order valence-electron chi connectivity index (χ3n) is 5.73. The average Bonchev–Trinajstić information content (AvgIpc) is 3.21. The second kappa shape index (κ2) is 6.36. The molecule has 0 saturated carbocycles. The molecule has 128 valence electrons. The van der Waals surface area contributed by atoms with E-state index in [1.54, 1.807) is 17.7 Å². The summed E-state index contributed by atoms with van der Waals surface area (Å²) in [6.07, 6.45) is 6.89. The van der Waals surface area contributed by atoms with Crippen LogP contribution in [0, 0.1) is 5.92 Å². The maximum absolute atomic E-state index is 4.79. The number of hydrogen-bond acceptors (Lipinski definition) is 4. The summed E-state index contributed by atoms with van der Waals surface area (Å²) in [6.45, 7) is 0. The number of thiophene rings is 1. The van der Waals surface area contributed by atoms with Crippen LogP contribution in [0.25, 0.3) is 21.3 Å². The second-order valence-electron chi connectivity index (χ2n) is 7.18. The number of hydrogen-bond donors (Lipinski definition) is 0. The first kappa shape index (κ1) is 15.8. The summed E-state index contributed by atoms with van der Waals surface area (Å²) in [5.41, 5.74) is 2.53. The fourth-order valence-electron chi connectivity index (χ4n) is 4.65. The largest absolute Gasteiger partial charge is 0.350 e. The van der Waals surface area contributed by atoms with Gasteiger partial charge in [-0.05, 0) is 37.2 Å². The predicted molar refractivity (Wildman–Crippen MR) is 109 cm³/mol. The molecule has 2 atom stereocenters. The number of nitrogens with zero attached hydrogens (tertiary/aromatic N) is 3. The van der Waals surface area contributed by atoms with Gasteiger partial charge in [0.05, 0.1) is 5.39 Å². The molecule has 2 bridgehead atoms. The van der Waals surface area contributed by atoms with Crippen LogP contribution >= 0.6 is 27.3 Å². The molecule has 0 spiro atoms. The molecule has 2 aliphatic heterocycles. The molecule has 1 aromatic carbocycles. The molecule has 0 amide bonds. The lowest BCUT2D eigenvalue weighted by Crippen LogP contribution is -2.44. The Kier molecular flexibility index (Phi) is 4.01. The number of benzene rings is 1. The first-order valence-corrected chi connectivity index (χ1v) is 11.0. The number of fused-ring (bicyclic) bond motifs is 3. The Bertz CT molecular complexity index is 880. The van der Waals surface area contributed by atoms with Crippen molar-refractivity contribution in [2.45, 2.75) is 37.8 Å². The van der Waals surface area contributed by atoms with Crippen LogP contribution < -0.4 is 4.90 Å². The molecule has 0 radical (unpaired) electrons. The van der Waals surface area contributed by atoms with Crippen molar-refractivity contribution in [3.8, 4) is 11.1 Å². The van der Waals surface area contributed by atoms with Gasteiger partial charge in [-0.25, -0.2) is 9.97 Å². The third-order valence-corrected chi connectivity index (χ3v) is 7.53. The highest BCUT2D eigenvalue weighted by atomic mass is 79.9. The molecule has 2 aromatic heterocycles. The number of anilines is 1. The molecule has 5 rings (SSSR count).